The fraction of sp³-hybridized carbons (Fsp3) is 0.533. The number of para-hydroxylation sites is 1. The Morgan fingerprint density at radius 3 is 2.68 bits per heavy atom. The topological polar surface area (TPSA) is 38.3 Å². The van der Waals surface area contributed by atoms with Crippen LogP contribution in [0, 0.1) is 0 Å². The number of carbonyl (C=O) groups excluding carboxylic acids is 1. The quantitative estimate of drug-likeness (QED) is 0.558. The maximum atomic E-state index is 11.8. The van der Waals surface area contributed by atoms with E-state index in [0.29, 0.717) is 6.42 Å². The van der Waals surface area contributed by atoms with Crippen molar-refractivity contribution < 1.29 is 9.53 Å². The second kappa shape index (κ2) is 9.84. The number of amides is 1. The first-order chi connectivity index (χ1) is 9.27. The van der Waals surface area contributed by atoms with Gasteiger partial charge in [-0.1, -0.05) is 47.0 Å². The van der Waals surface area contributed by atoms with Gasteiger partial charge in [-0.2, -0.15) is 0 Å². The lowest BCUT2D eigenvalue weighted by Crippen LogP contribution is -2.26. The van der Waals surface area contributed by atoms with E-state index in [2.05, 4.69) is 21.2 Å². The van der Waals surface area contributed by atoms with Crippen LogP contribution >= 0.6 is 15.9 Å². The molecule has 0 bridgehead atoms. The third-order valence-corrected chi connectivity index (χ3v) is 3.49. The average Bonchev–Trinajstić information content (AvgIpc) is 2.43. The summed E-state index contributed by atoms with van der Waals surface area (Å²) in [6.45, 7) is 0.760. The number of alkyl halides is 1. The molecule has 1 aromatic rings. The highest BCUT2D eigenvalue weighted by atomic mass is 79.9. The van der Waals surface area contributed by atoms with Crippen molar-refractivity contribution in [2.75, 3.05) is 19.0 Å². The molecule has 0 aliphatic heterocycles. The van der Waals surface area contributed by atoms with E-state index >= 15 is 0 Å². The van der Waals surface area contributed by atoms with Crippen molar-refractivity contribution in [3.63, 3.8) is 0 Å². The molecular weight excluding hydrogens is 306 g/mol. The van der Waals surface area contributed by atoms with Crippen molar-refractivity contribution in [3.05, 3.63) is 29.8 Å². The maximum Gasteiger partial charge on any atom is 0.224 e. The van der Waals surface area contributed by atoms with Gasteiger partial charge in [0.15, 0.2) is 0 Å². The van der Waals surface area contributed by atoms with Gasteiger partial charge >= 0.3 is 0 Å². The standard InChI is InChI=1S/C15H22BrNO2/c1-19-14-9-5-4-8-13(14)12-15(18)17-11-7-3-2-6-10-16/h4-5,8-9H,2-3,6-7,10-12H2,1H3,(H,17,18). The number of ether oxygens (including phenoxy) is 1. The first-order valence-corrected chi connectivity index (χ1v) is 7.84. The summed E-state index contributed by atoms with van der Waals surface area (Å²) in [5.74, 6) is 0.833. The third-order valence-electron chi connectivity index (χ3n) is 2.93. The van der Waals surface area contributed by atoms with Crippen molar-refractivity contribution in [2.45, 2.75) is 32.1 Å². The molecule has 0 aromatic heterocycles. The molecule has 1 rings (SSSR count). The number of hydrogen-bond acceptors (Lipinski definition) is 2. The Balaban J connectivity index is 2.23. The normalized spacial score (nSPS) is 10.2. The SMILES string of the molecule is COc1ccccc1CC(=O)NCCCCCCBr. The Kier molecular flexibility index (Phi) is 8.30. The summed E-state index contributed by atoms with van der Waals surface area (Å²) in [6, 6.07) is 7.63. The van der Waals surface area contributed by atoms with Crippen LogP contribution in [0.25, 0.3) is 0 Å². The van der Waals surface area contributed by atoms with E-state index in [4.69, 9.17) is 4.74 Å². The second-order valence-corrected chi connectivity index (χ2v) is 5.23. The molecule has 0 radical (unpaired) electrons. The summed E-state index contributed by atoms with van der Waals surface area (Å²) in [5, 5.41) is 4.02. The first kappa shape index (κ1) is 16.0. The number of halogens is 1. The van der Waals surface area contributed by atoms with Crippen LogP contribution < -0.4 is 10.1 Å². The molecule has 106 valence electrons. The Labute approximate surface area is 123 Å². The van der Waals surface area contributed by atoms with Crippen LogP contribution in [0.4, 0.5) is 0 Å². The largest absolute Gasteiger partial charge is 0.496 e. The molecule has 0 heterocycles. The van der Waals surface area contributed by atoms with E-state index in [1.807, 2.05) is 24.3 Å². The van der Waals surface area contributed by atoms with Gasteiger partial charge in [-0.15, -0.1) is 0 Å². The van der Waals surface area contributed by atoms with Gasteiger partial charge in [0.05, 0.1) is 13.5 Å². The van der Waals surface area contributed by atoms with Gasteiger partial charge in [-0.3, -0.25) is 4.79 Å². The summed E-state index contributed by atoms with van der Waals surface area (Å²) in [7, 11) is 1.63. The van der Waals surface area contributed by atoms with Gasteiger partial charge < -0.3 is 10.1 Å². The van der Waals surface area contributed by atoms with Gasteiger partial charge in [0.25, 0.3) is 0 Å². The lowest BCUT2D eigenvalue weighted by Gasteiger charge is -2.08. The highest BCUT2D eigenvalue weighted by Gasteiger charge is 2.07. The molecule has 0 fully saturated rings. The second-order valence-electron chi connectivity index (χ2n) is 4.44. The number of nitrogens with one attached hydrogen (secondary N) is 1. The lowest BCUT2D eigenvalue weighted by atomic mass is 10.1. The van der Waals surface area contributed by atoms with Crippen LogP contribution in [0.2, 0.25) is 0 Å². The Morgan fingerprint density at radius 1 is 1.21 bits per heavy atom. The Morgan fingerprint density at radius 2 is 1.95 bits per heavy atom. The maximum absolute atomic E-state index is 11.8. The predicted octanol–water partition coefficient (Wildman–Crippen LogP) is 3.31. The van der Waals surface area contributed by atoms with Gasteiger partial charge in [-0.05, 0) is 18.9 Å². The van der Waals surface area contributed by atoms with Crippen LogP contribution in [-0.4, -0.2) is 24.9 Å². The van der Waals surface area contributed by atoms with Crippen molar-refractivity contribution in [2.24, 2.45) is 0 Å². The van der Waals surface area contributed by atoms with Crippen LogP contribution in [-0.2, 0) is 11.2 Å². The molecule has 0 saturated carbocycles. The van der Waals surface area contributed by atoms with Gasteiger partial charge in [-0.25, -0.2) is 0 Å². The highest BCUT2D eigenvalue weighted by molar-refractivity contribution is 9.09. The molecule has 3 nitrogen and oxygen atoms in total. The van der Waals surface area contributed by atoms with Crippen LogP contribution in [0.15, 0.2) is 24.3 Å². The molecule has 0 aliphatic rings. The molecular formula is C15H22BrNO2. The molecule has 1 amide bonds. The summed E-state index contributed by atoms with van der Waals surface area (Å²) in [5.41, 5.74) is 0.932. The lowest BCUT2D eigenvalue weighted by molar-refractivity contribution is -0.120. The van der Waals surface area contributed by atoms with Crippen LogP contribution in [0.1, 0.15) is 31.2 Å². The molecule has 0 saturated heterocycles. The zero-order valence-corrected chi connectivity index (χ0v) is 13.0. The number of carbonyl (C=O) groups is 1. The van der Waals surface area contributed by atoms with Gasteiger partial charge in [0.1, 0.15) is 5.75 Å². The van der Waals surface area contributed by atoms with E-state index in [1.54, 1.807) is 7.11 Å². The summed E-state index contributed by atoms with van der Waals surface area (Å²) in [4.78, 5) is 11.8. The first-order valence-electron chi connectivity index (χ1n) is 6.72. The number of rotatable bonds is 9. The molecule has 1 aromatic carbocycles. The Bertz CT molecular complexity index is 382. The molecule has 0 spiro atoms. The minimum absolute atomic E-state index is 0.0602. The molecule has 0 unspecified atom stereocenters. The minimum atomic E-state index is 0.0602. The smallest absolute Gasteiger partial charge is 0.224 e. The van der Waals surface area contributed by atoms with Crippen LogP contribution in [0.5, 0.6) is 5.75 Å². The van der Waals surface area contributed by atoms with E-state index in [9.17, 15) is 4.79 Å². The number of unbranched alkanes of at least 4 members (excludes halogenated alkanes) is 3. The van der Waals surface area contributed by atoms with Crippen LogP contribution in [0.3, 0.4) is 0 Å². The third kappa shape index (κ3) is 6.62. The van der Waals surface area contributed by atoms with E-state index in [1.165, 1.54) is 19.3 Å². The Hall–Kier alpha value is -1.03. The van der Waals surface area contributed by atoms with E-state index in [-0.39, 0.29) is 5.91 Å². The predicted molar refractivity (Wildman–Crippen MR) is 82.0 cm³/mol. The summed E-state index contributed by atoms with van der Waals surface area (Å²) < 4.78 is 5.23. The zero-order valence-electron chi connectivity index (χ0n) is 11.5. The average molecular weight is 328 g/mol. The van der Waals surface area contributed by atoms with Crippen molar-refractivity contribution in [3.8, 4) is 5.75 Å². The van der Waals surface area contributed by atoms with Gasteiger partial charge in [0.2, 0.25) is 5.91 Å². The highest BCUT2D eigenvalue weighted by Crippen LogP contribution is 2.17. The fourth-order valence-electron chi connectivity index (χ4n) is 1.89. The number of benzene rings is 1. The molecule has 0 atom stereocenters. The van der Waals surface area contributed by atoms with Crippen molar-refractivity contribution in [1.82, 2.24) is 5.32 Å². The summed E-state index contributed by atoms with van der Waals surface area (Å²) >= 11 is 3.41. The van der Waals surface area contributed by atoms with Gasteiger partial charge in [0, 0.05) is 17.4 Å². The van der Waals surface area contributed by atoms with E-state index in [0.717, 1.165) is 29.6 Å². The van der Waals surface area contributed by atoms with Crippen molar-refractivity contribution >= 4 is 21.8 Å². The fourth-order valence-corrected chi connectivity index (χ4v) is 2.28. The minimum Gasteiger partial charge on any atom is -0.496 e. The zero-order chi connectivity index (χ0) is 13.9. The summed E-state index contributed by atoms with van der Waals surface area (Å²) in [6.07, 6.45) is 5.01. The molecule has 0 aliphatic carbocycles. The monoisotopic (exact) mass is 327 g/mol. The number of methoxy groups -OCH3 is 1. The molecule has 4 heteroatoms. The number of hydrogen-bond donors (Lipinski definition) is 1. The molecule has 1 N–H and O–H groups in total. The molecule has 19 heavy (non-hydrogen) atoms. The van der Waals surface area contributed by atoms with Crippen molar-refractivity contribution in [1.29, 1.82) is 0 Å². The van der Waals surface area contributed by atoms with E-state index < -0.39 is 0 Å².